The fourth-order valence-electron chi connectivity index (χ4n) is 11.4. The highest BCUT2D eigenvalue weighted by atomic mass is 14.7. The maximum atomic E-state index is 3.89. The molecular weight excluding hydrogens is 639 g/mol. The third-order valence-electron chi connectivity index (χ3n) is 13.4. The van der Waals surface area contributed by atoms with Crippen LogP contribution in [-0.4, -0.2) is 4.98 Å². The van der Waals surface area contributed by atoms with E-state index in [1.165, 1.54) is 111 Å². The maximum Gasteiger partial charge on any atom is 0.0720 e. The summed E-state index contributed by atoms with van der Waals surface area (Å²) in [6.45, 7) is 0. The maximum absolute atomic E-state index is 3.89. The van der Waals surface area contributed by atoms with Crippen molar-refractivity contribution in [3.05, 3.63) is 225 Å². The summed E-state index contributed by atoms with van der Waals surface area (Å²) in [6, 6.07) is 65.4. The molecule has 1 aromatic heterocycles. The quantitative estimate of drug-likeness (QED) is 0.165. The molecule has 0 atom stereocenters. The van der Waals surface area contributed by atoms with Crippen molar-refractivity contribution in [2.75, 3.05) is 0 Å². The fraction of sp³-hybridized carbons (Fsp3) is 0.0769. The Balaban J connectivity index is 1.31. The van der Waals surface area contributed by atoms with Gasteiger partial charge in [-0.3, -0.25) is 0 Å². The van der Waals surface area contributed by atoms with E-state index < -0.39 is 10.8 Å². The van der Waals surface area contributed by atoms with Crippen LogP contribution in [0.1, 0.15) is 55.6 Å². The molecule has 0 saturated carbocycles. The number of hydrogen-bond acceptors (Lipinski definition) is 0. The molecule has 0 aliphatic heterocycles. The number of hydrogen-bond donors (Lipinski definition) is 1. The number of H-pyrrole nitrogens is 1. The molecule has 0 bridgehead atoms. The van der Waals surface area contributed by atoms with Crippen LogP contribution in [0, 0.1) is 0 Å². The predicted octanol–water partition coefficient (Wildman–Crippen LogP) is 12.1. The SMILES string of the molecule is c1ccc2c(c1)CCc1cc3c(cc1-2)C1(c2ccccc2-c2ccccc21)c1cc2[nH]c4ccccc4c2cc1C31c2ccccc2-c2ccccc21. The Labute approximate surface area is 308 Å². The monoisotopic (exact) mass is 671 g/mol. The number of nitrogens with one attached hydrogen (secondary N) is 1. The van der Waals surface area contributed by atoms with Gasteiger partial charge in [-0.15, -0.1) is 0 Å². The highest BCUT2D eigenvalue weighted by molar-refractivity contribution is 6.09. The summed E-state index contributed by atoms with van der Waals surface area (Å²) in [5, 5.41) is 2.56. The molecule has 1 heterocycles. The lowest BCUT2D eigenvalue weighted by molar-refractivity contribution is 0.632. The van der Waals surface area contributed by atoms with Crippen molar-refractivity contribution in [1.29, 1.82) is 0 Å². The number of aryl methyl sites for hydroxylation is 2. The normalized spacial score (nSPS) is 15.7. The van der Waals surface area contributed by atoms with Crippen LogP contribution in [0.4, 0.5) is 0 Å². The molecular formula is C52H33N. The Kier molecular flexibility index (Phi) is 5.16. The van der Waals surface area contributed by atoms with E-state index in [2.05, 4.69) is 175 Å². The van der Waals surface area contributed by atoms with Crippen molar-refractivity contribution in [3.63, 3.8) is 0 Å². The highest BCUT2D eigenvalue weighted by Gasteiger charge is 2.59. The van der Waals surface area contributed by atoms with Crippen LogP contribution in [0.5, 0.6) is 0 Å². The Bertz CT molecular complexity index is 2990. The van der Waals surface area contributed by atoms with E-state index in [1.807, 2.05) is 0 Å². The molecule has 0 radical (unpaired) electrons. The van der Waals surface area contributed by atoms with Gasteiger partial charge in [-0.05, 0) is 126 Å². The van der Waals surface area contributed by atoms with E-state index in [-0.39, 0.29) is 0 Å². The number of para-hydroxylation sites is 1. The molecule has 0 fully saturated rings. The highest BCUT2D eigenvalue weighted by Crippen LogP contribution is 2.68. The number of rotatable bonds is 0. The number of aromatic nitrogens is 1. The van der Waals surface area contributed by atoms with Crippen LogP contribution in [-0.2, 0) is 23.7 Å². The van der Waals surface area contributed by atoms with Crippen molar-refractivity contribution in [2.45, 2.75) is 23.7 Å². The number of aromatic amines is 1. The summed E-state index contributed by atoms with van der Waals surface area (Å²) in [7, 11) is 0. The van der Waals surface area contributed by atoms with E-state index in [0.29, 0.717) is 0 Å². The predicted molar refractivity (Wildman–Crippen MR) is 217 cm³/mol. The van der Waals surface area contributed by atoms with Crippen molar-refractivity contribution >= 4 is 21.8 Å². The second kappa shape index (κ2) is 9.70. The molecule has 13 rings (SSSR count). The molecule has 0 saturated heterocycles. The lowest BCUT2D eigenvalue weighted by Crippen LogP contribution is -2.44. The summed E-state index contributed by atoms with van der Waals surface area (Å²) in [4.78, 5) is 3.89. The Hall–Kier alpha value is -6.44. The minimum absolute atomic E-state index is 0.506. The molecule has 1 heteroatoms. The first-order chi connectivity index (χ1) is 26.3. The van der Waals surface area contributed by atoms with Crippen LogP contribution < -0.4 is 0 Å². The van der Waals surface area contributed by atoms with E-state index in [1.54, 1.807) is 0 Å². The molecule has 2 spiro atoms. The van der Waals surface area contributed by atoms with Gasteiger partial charge in [0.2, 0.25) is 0 Å². The van der Waals surface area contributed by atoms with Gasteiger partial charge in [0, 0.05) is 21.8 Å². The van der Waals surface area contributed by atoms with Crippen LogP contribution in [0.2, 0.25) is 0 Å². The zero-order valence-corrected chi connectivity index (χ0v) is 29.1. The van der Waals surface area contributed by atoms with Gasteiger partial charge in [-0.1, -0.05) is 146 Å². The second-order valence-corrected chi connectivity index (χ2v) is 15.5. The standard InChI is InChI=1S/C52H33N/c1-2-14-33-31(13-1)25-26-32-27-45-46(28-39(32)33)52(43-22-10-5-17-36(43)37-18-6-11-23-44(37)52)48-30-50-40(38-19-7-12-24-49(38)53-50)29-47(48)51(45)41-20-8-3-15-34(41)35-16-4-9-21-42(35)51/h1-24,27-30,53H,25-26H2. The summed E-state index contributed by atoms with van der Waals surface area (Å²) < 4.78 is 0. The first kappa shape index (κ1) is 28.2. The molecule has 8 aromatic carbocycles. The number of fused-ring (bicyclic) bond motifs is 22. The molecule has 246 valence electrons. The summed E-state index contributed by atoms with van der Waals surface area (Å²) in [5.41, 5.74) is 23.4. The molecule has 9 aromatic rings. The number of benzene rings is 8. The molecule has 53 heavy (non-hydrogen) atoms. The van der Waals surface area contributed by atoms with Gasteiger partial charge >= 0.3 is 0 Å². The Morgan fingerprint density at radius 3 is 1.38 bits per heavy atom. The molecule has 1 N–H and O–H groups in total. The Morgan fingerprint density at radius 1 is 0.302 bits per heavy atom. The zero-order chi connectivity index (χ0) is 34.5. The molecule has 4 aliphatic carbocycles. The van der Waals surface area contributed by atoms with Crippen molar-refractivity contribution < 1.29 is 0 Å². The van der Waals surface area contributed by atoms with E-state index in [4.69, 9.17) is 0 Å². The first-order valence-electron chi connectivity index (χ1n) is 19.0. The molecule has 1 nitrogen and oxygen atoms in total. The van der Waals surface area contributed by atoms with Crippen molar-refractivity contribution in [1.82, 2.24) is 4.98 Å². The minimum Gasteiger partial charge on any atom is -0.355 e. The van der Waals surface area contributed by atoms with Crippen LogP contribution in [0.25, 0.3) is 55.2 Å². The largest absolute Gasteiger partial charge is 0.355 e. The molecule has 0 amide bonds. The topological polar surface area (TPSA) is 15.8 Å². The van der Waals surface area contributed by atoms with Gasteiger partial charge in [0.15, 0.2) is 0 Å². The van der Waals surface area contributed by atoms with Gasteiger partial charge in [-0.2, -0.15) is 0 Å². The van der Waals surface area contributed by atoms with Gasteiger partial charge in [0.1, 0.15) is 0 Å². The van der Waals surface area contributed by atoms with Crippen LogP contribution in [0.15, 0.2) is 170 Å². The fourth-order valence-corrected chi connectivity index (χ4v) is 11.4. The van der Waals surface area contributed by atoms with Crippen LogP contribution >= 0.6 is 0 Å². The average Bonchev–Trinajstić information content (AvgIpc) is 3.84. The minimum atomic E-state index is -0.525. The zero-order valence-electron chi connectivity index (χ0n) is 29.1. The van der Waals surface area contributed by atoms with E-state index in [9.17, 15) is 0 Å². The van der Waals surface area contributed by atoms with Crippen molar-refractivity contribution in [3.8, 4) is 33.4 Å². The van der Waals surface area contributed by atoms with Gasteiger partial charge in [0.25, 0.3) is 0 Å². The van der Waals surface area contributed by atoms with E-state index in [0.717, 1.165) is 12.8 Å². The Morgan fingerprint density at radius 2 is 0.755 bits per heavy atom. The van der Waals surface area contributed by atoms with Crippen molar-refractivity contribution in [2.24, 2.45) is 0 Å². The third-order valence-corrected chi connectivity index (χ3v) is 13.4. The van der Waals surface area contributed by atoms with Crippen LogP contribution in [0.3, 0.4) is 0 Å². The summed E-state index contributed by atoms with van der Waals surface area (Å²) in [5.74, 6) is 0. The van der Waals surface area contributed by atoms with E-state index >= 15 is 0 Å². The third kappa shape index (κ3) is 3.19. The van der Waals surface area contributed by atoms with Gasteiger partial charge in [-0.25, -0.2) is 0 Å². The van der Waals surface area contributed by atoms with Gasteiger partial charge in [0.05, 0.1) is 10.8 Å². The molecule has 4 aliphatic rings. The molecule has 0 unspecified atom stereocenters. The van der Waals surface area contributed by atoms with Gasteiger partial charge < -0.3 is 4.98 Å². The summed E-state index contributed by atoms with van der Waals surface area (Å²) in [6.07, 6.45) is 2.10. The summed E-state index contributed by atoms with van der Waals surface area (Å²) >= 11 is 0. The average molecular weight is 672 g/mol. The lowest BCUT2D eigenvalue weighted by Gasteiger charge is -2.49. The second-order valence-electron chi connectivity index (χ2n) is 15.5. The first-order valence-corrected chi connectivity index (χ1v) is 19.0. The lowest BCUT2D eigenvalue weighted by atomic mass is 9.51. The smallest absolute Gasteiger partial charge is 0.0720 e.